The zero-order chi connectivity index (χ0) is 16.2. The highest BCUT2D eigenvalue weighted by Crippen LogP contribution is 2.29. The van der Waals surface area contributed by atoms with Crippen LogP contribution in [0.15, 0.2) is 54.6 Å². The van der Waals surface area contributed by atoms with Crippen LogP contribution in [-0.2, 0) is 9.59 Å². The number of hydrogen-bond acceptors (Lipinski definition) is 4. The second-order valence-electron chi connectivity index (χ2n) is 5.23. The lowest BCUT2D eigenvalue weighted by Crippen LogP contribution is -2.45. The van der Waals surface area contributed by atoms with E-state index in [-0.39, 0.29) is 18.2 Å². The van der Waals surface area contributed by atoms with Crippen molar-refractivity contribution in [3.63, 3.8) is 0 Å². The van der Waals surface area contributed by atoms with Gasteiger partial charge in [0.25, 0.3) is 5.91 Å². The molecule has 2 N–H and O–H groups in total. The van der Waals surface area contributed by atoms with E-state index < -0.39 is 6.10 Å². The van der Waals surface area contributed by atoms with Gasteiger partial charge in [0.05, 0.1) is 17.8 Å². The van der Waals surface area contributed by atoms with Crippen molar-refractivity contribution in [2.45, 2.75) is 12.5 Å². The highest BCUT2D eigenvalue weighted by Gasteiger charge is 2.29. The Hall–Kier alpha value is -3.02. The summed E-state index contributed by atoms with van der Waals surface area (Å²) in [4.78, 5) is 24.2. The molecular formula is C17H17N3O3. The summed E-state index contributed by atoms with van der Waals surface area (Å²) in [5.74, 6) is -0.0431. The van der Waals surface area contributed by atoms with Gasteiger partial charge in [0.15, 0.2) is 6.10 Å². The normalized spacial score (nSPS) is 15.9. The quantitative estimate of drug-likeness (QED) is 0.847. The first-order valence-corrected chi connectivity index (χ1v) is 7.28. The van der Waals surface area contributed by atoms with E-state index in [1.807, 2.05) is 42.5 Å². The van der Waals surface area contributed by atoms with Crippen LogP contribution in [0.5, 0.6) is 5.75 Å². The number of carbonyl (C=O) groups is 2. The van der Waals surface area contributed by atoms with Crippen LogP contribution in [0.4, 0.5) is 11.4 Å². The van der Waals surface area contributed by atoms with Gasteiger partial charge < -0.3 is 10.1 Å². The van der Waals surface area contributed by atoms with E-state index in [2.05, 4.69) is 10.7 Å². The van der Waals surface area contributed by atoms with Gasteiger partial charge in [0.1, 0.15) is 5.75 Å². The molecule has 0 spiro atoms. The first kappa shape index (κ1) is 14.9. The second kappa shape index (κ2) is 6.39. The van der Waals surface area contributed by atoms with E-state index in [0.29, 0.717) is 11.4 Å². The number of ether oxygens (including phenoxy) is 1. The van der Waals surface area contributed by atoms with E-state index in [4.69, 9.17) is 4.74 Å². The Morgan fingerprint density at radius 2 is 1.87 bits per heavy atom. The number of anilines is 2. The lowest BCUT2D eigenvalue weighted by atomic mass is 10.1. The van der Waals surface area contributed by atoms with Crippen LogP contribution >= 0.6 is 0 Å². The molecular weight excluding hydrogens is 294 g/mol. The number of nitrogens with zero attached hydrogens (tertiary/aromatic N) is 1. The summed E-state index contributed by atoms with van der Waals surface area (Å²) in [6.07, 6.45) is -0.897. The zero-order valence-electron chi connectivity index (χ0n) is 12.7. The number of carbonyl (C=O) groups excluding carboxylic acids is 2. The Balaban J connectivity index is 1.61. The van der Waals surface area contributed by atoms with Gasteiger partial charge in [-0.3, -0.25) is 20.0 Å². The molecule has 118 valence electrons. The van der Waals surface area contributed by atoms with E-state index in [9.17, 15) is 9.59 Å². The number of hydrogen-bond donors (Lipinski definition) is 2. The molecule has 0 aliphatic carbocycles. The standard InChI is InChI=1S/C17H17N3O3/c1-20(12-7-3-2-4-8-12)19-16(21)11-15-17(22)18-13-9-5-6-10-14(13)23-15/h2-10,15H,11H2,1H3,(H,18,22)(H,19,21)/t15-/m0/s1. The summed E-state index contributed by atoms with van der Waals surface area (Å²) in [5.41, 5.74) is 4.19. The van der Waals surface area contributed by atoms with Gasteiger partial charge in [-0.1, -0.05) is 30.3 Å². The molecule has 1 atom stereocenters. The summed E-state index contributed by atoms with van der Waals surface area (Å²) in [6.45, 7) is 0. The number of fused-ring (bicyclic) bond motifs is 1. The fourth-order valence-electron chi connectivity index (χ4n) is 2.34. The molecule has 0 unspecified atom stereocenters. The summed E-state index contributed by atoms with van der Waals surface area (Å²) in [6, 6.07) is 16.6. The molecule has 1 aliphatic rings. The minimum absolute atomic E-state index is 0.0582. The maximum Gasteiger partial charge on any atom is 0.266 e. The minimum Gasteiger partial charge on any atom is -0.478 e. The van der Waals surface area contributed by atoms with Crippen LogP contribution in [0, 0.1) is 0 Å². The van der Waals surface area contributed by atoms with E-state index in [1.54, 1.807) is 24.2 Å². The van der Waals surface area contributed by atoms with Crippen molar-refractivity contribution >= 4 is 23.2 Å². The molecule has 6 nitrogen and oxygen atoms in total. The van der Waals surface area contributed by atoms with Crippen molar-refractivity contribution in [3.8, 4) is 5.75 Å². The van der Waals surface area contributed by atoms with Gasteiger partial charge in [-0.2, -0.15) is 0 Å². The van der Waals surface area contributed by atoms with Crippen molar-refractivity contribution in [2.75, 3.05) is 17.4 Å². The number of para-hydroxylation sites is 3. The molecule has 0 saturated heterocycles. The van der Waals surface area contributed by atoms with Crippen molar-refractivity contribution in [3.05, 3.63) is 54.6 Å². The summed E-state index contributed by atoms with van der Waals surface area (Å²) < 4.78 is 5.61. The molecule has 0 radical (unpaired) electrons. The van der Waals surface area contributed by atoms with Gasteiger partial charge in [0.2, 0.25) is 5.91 Å². The average Bonchev–Trinajstić information content (AvgIpc) is 2.56. The highest BCUT2D eigenvalue weighted by molar-refractivity contribution is 6.00. The van der Waals surface area contributed by atoms with Crippen molar-refractivity contribution in [1.82, 2.24) is 5.43 Å². The van der Waals surface area contributed by atoms with Gasteiger partial charge in [0, 0.05) is 7.05 Å². The molecule has 1 aliphatic heterocycles. The Morgan fingerprint density at radius 3 is 2.65 bits per heavy atom. The Kier molecular flexibility index (Phi) is 4.14. The predicted molar refractivity (Wildman–Crippen MR) is 87.1 cm³/mol. The fourth-order valence-corrected chi connectivity index (χ4v) is 2.34. The zero-order valence-corrected chi connectivity index (χ0v) is 12.7. The third kappa shape index (κ3) is 3.42. The number of hydrazine groups is 1. The van der Waals surface area contributed by atoms with E-state index in [1.165, 1.54) is 0 Å². The van der Waals surface area contributed by atoms with Gasteiger partial charge in [-0.05, 0) is 24.3 Å². The van der Waals surface area contributed by atoms with Crippen molar-refractivity contribution < 1.29 is 14.3 Å². The smallest absolute Gasteiger partial charge is 0.266 e. The molecule has 2 aromatic rings. The summed E-state index contributed by atoms with van der Waals surface area (Å²) in [7, 11) is 1.74. The van der Waals surface area contributed by atoms with Gasteiger partial charge in [-0.15, -0.1) is 0 Å². The molecule has 2 aromatic carbocycles. The van der Waals surface area contributed by atoms with E-state index >= 15 is 0 Å². The number of rotatable bonds is 4. The van der Waals surface area contributed by atoms with Crippen LogP contribution in [0.25, 0.3) is 0 Å². The molecule has 6 heteroatoms. The third-order valence-electron chi connectivity index (χ3n) is 3.51. The highest BCUT2D eigenvalue weighted by atomic mass is 16.5. The van der Waals surface area contributed by atoms with Crippen LogP contribution < -0.4 is 20.5 Å². The molecule has 0 bridgehead atoms. The van der Waals surface area contributed by atoms with Crippen molar-refractivity contribution in [2.24, 2.45) is 0 Å². The first-order valence-electron chi connectivity index (χ1n) is 7.28. The monoisotopic (exact) mass is 311 g/mol. The number of nitrogens with one attached hydrogen (secondary N) is 2. The largest absolute Gasteiger partial charge is 0.478 e. The topological polar surface area (TPSA) is 70.7 Å². The summed E-state index contributed by atoms with van der Waals surface area (Å²) >= 11 is 0. The van der Waals surface area contributed by atoms with Crippen LogP contribution in [0.2, 0.25) is 0 Å². The maximum atomic E-state index is 12.1. The summed E-state index contributed by atoms with van der Waals surface area (Å²) in [5, 5.41) is 4.35. The number of benzene rings is 2. The molecule has 1 heterocycles. The van der Waals surface area contributed by atoms with Crippen LogP contribution in [0.1, 0.15) is 6.42 Å². The Labute approximate surface area is 134 Å². The molecule has 0 saturated carbocycles. The van der Waals surface area contributed by atoms with E-state index in [0.717, 1.165) is 5.69 Å². The van der Waals surface area contributed by atoms with Crippen LogP contribution in [-0.4, -0.2) is 25.0 Å². The SMILES string of the molecule is CN(NC(=O)C[C@@H]1Oc2ccccc2NC1=O)c1ccccc1. The van der Waals surface area contributed by atoms with Gasteiger partial charge >= 0.3 is 0 Å². The Bertz CT molecular complexity index is 718. The maximum absolute atomic E-state index is 12.1. The molecule has 0 aromatic heterocycles. The third-order valence-corrected chi connectivity index (χ3v) is 3.51. The minimum atomic E-state index is -0.839. The predicted octanol–water partition coefficient (Wildman–Crippen LogP) is 1.94. The molecule has 3 rings (SSSR count). The number of amides is 2. The molecule has 23 heavy (non-hydrogen) atoms. The fraction of sp³-hybridized carbons (Fsp3) is 0.176. The molecule has 2 amide bonds. The van der Waals surface area contributed by atoms with Gasteiger partial charge in [-0.25, -0.2) is 0 Å². The van der Waals surface area contributed by atoms with Crippen molar-refractivity contribution in [1.29, 1.82) is 0 Å². The average molecular weight is 311 g/mol. The lowest BCUT2D eigenvalue weighted by Gasteiger charge is -2.26. The molecule has 0 fully saturated rings. The lowest BCUT2D eigenvalue weighted by molar-refractivity contribution is -0.130. The first-order chi connectivity index (χ1) is 11.1. The Morgan fingerprint density at radius 1 is 1.17 bits per heavy atom. The second-order valence-corrected chi connectivity index (χ2v) is 5.23. The van der Waals surface area contributed by atoms with Crippen LogP contribution in [0.3, 0.4) is 0 Å².